The number of rotatable bonds is 13. The lowest BCUT2D eigenvalue weighted by Crippen LogP contribution is -2.17. The van der Waals surface area contributed by atoms with Crippen LogP contribution >= 0.6 is 23.2 Å². The molecular formula is C26H36Cl2N2O6. The molecule has 0 radical (unpaired) electrons. The number of alkyl halides is 2. The van der Waals surface area contributed by atoms with Crippen molar-refractivity contribution in [3.63, 3.8) is 0 Å². The number of aromatic hydroxyl groups is 2. The molecule has 0 amide bonds. The van der Waals surface area contributed by atoms with E-state index in [4.69, 9.17) is 43.0 Å². The van der Waals surface area contributed by atoms with Gasteiger partial charge in [0.15, 0.2) is 0 Å². The Morgan fingerprint density at radius 2 is 1.11 bits per heavy atom. The van der Waals surface area contributed by atoms with E-state index in [2.05, 4.69) is 36.6 Å². The molecule has 200 valence electrons. The second-order valence-corrected chi connectivity index (χ2v) is 8.90. The van der Waals surface area contributed by atoms with Gasteiger partial charge >= 0.3 is 11.9 Å². The highest BCUT2D eigenvalue weighted by Gasteiger charge is 2.23. The molecule has 0 aliphatic rings. The largest absolute Gasteiger partial charge is 0.508 e. The van der Waals surface area contributed by atoms with Crippen LogP contribution in [0.3, 0.4) is 0 Å². The fourth-order valence-corrected chi connectivity index (χ4v) is 4.31. The van der Waals surface area contributed by atoms with Crippen molar-refractivity contribution in [3.8, 4) is 11.5 Å². The van der Waals surface area contributed by atoms with Gasteiger partial charge < -0.3 is 31.1 Å². The molecule has 2 rings (SSSR count). The van der Waals surface area contributed by atoms with E-state index < -0.39 is 11.9 Å². The quantitative estimate of drug-likeness (QED) is 0.122. The molecule has 2 unspecified atom stereocenters. The average molecular weight is 543 g/mol. The maximum Gasteiger partial charge on any atom is 0.414 e. The molecule has 0 saturated carbocycles. The third-order valence-corrected chi connectivity index (χ3v) is 6.16. The maximum atomic E-state index is 10.3. The van der Waals surface area contributed by atoms with Crippen LogP contribution in [0.15, 0.2) is 36.4 Å². The maximum absolute atomic E-state index is 10.3. The summed E-state index contributed by atoms with van der Waals surface area (Å²) in [5.41, 5.74) is 4.23. The fourth-order valence-electron chi connectivity index (χ4n) is 4.04. The second kappa shape index (κ2) is 17.0. The van der Waals surface area contributed by atoms with Crippen LogP contribution in [-0.2, 0) is 22.7 Å². The Labute approximate surface area is 222 Å². The highest BCUT2D eigenvalue weighted by atomic mass is 35.5. The predicted octanol–water partition coefficient (Wildman–Crippen LogP) is 4.60. The molecule has 6 N–H and O–H groups in total. The van der Waals surface area contributed by atoms with E-state index in [0.29, 0.717) is 61.3 Å². The summed E-state index contributed by atoms with van der Waals surface area (Å²) in [4.78, 5) is 18.2. The fraction of sp³-hybridized carbons (Fsp3) is 0.462. The Morgan fingerprint density at radius 1 is 0.750 bits per heavy atom. The zero-order chi connectivity index (χ0) is 27.1. The lowest BCUT2D eigenvalue weighted by atomic mass is 9.77. The summed E-state index contributed by atoms with van der Waals surface area (Å²) in [7, 11) is 0. The standard InChI is InChI=1S/C24H34Cl2N2O2.C2H2O4/c1-3-21(17-5-7-23(29)19(13-17)15-27-11-9-25)22(4-2)18-6-8-24(30)20(14-18)16-28-12-10-26;3-1(4)2(5)6/h5-8,13-14,21-22,27-30H,3-4,9-12,15-16H2,1-2H3;(H,3,4)(H,5,6). The van der Waals surface area contributed by atoms with E-state index in [1.165, 1.54) is 11.1 Å². The molecule has 0 fully saturated rings. The van der Waals surface area contributed by atoms with Gasteiger partial charge in [-0.25, -0.2) is 9.59 Å². The van der Waals surface area contributed by atoms with Crippen LogP contribution in [0.4, 0.5) is 0 Å². The number of carboxylic acids is 2. The predicted molar refractivity (Wildman–Crippen MR) is 142 cm³/mol. The molecule has 36 heavy (non-hydrogen) atoms. The third-order valence-electron chi connectivity index (χ3n) is 5.79. The van der Waals surface area contributed by atoms with E-state index in [1.54, 1.807) is 12.1 Å². The Morgan fingerprint density at radius 3 is 1.39 bits per heavy atom. The molecule has 0 spiro atoms. The summed E-state index contributed by atoms with van der Waals surface area (Å²) in [6.07, 6.45) is 1.97. The first kappa shape index (κ1) is 31.5. The molecule has 0 aliphatic heterocycles. The van der Waals surface area contributed by atoms with E-state index in [9.17, 15) is 10.2 Å². The van der Waals surface area contributed by atoms with Crippen LogP contribution in [-0.4, -0.2) is 57.2 Å². The first-order chi connectivity index (χ1) is 17.2. The van der Waals surface area contributed by atoms with Crippen molar-refractivity contribution >= 4 is 35.1 Å². The van der Waals surface area contributed by atoms with E-state index in [-0.39, 0.29) is 0 Å². The Kier molecular flexibility index (Phi) is 14.9. The molecule has 0 aromatic heterocycles. The van der Waals surface area contributed by atoms with Crippen molar-refractivity contribution in [1.29, 1.82) is 0 Å². The highest BCUT2D eigenvalue weighted by molar-refractivity contribution is 6.27. The van der Waals surface area contributed by atoms with Gasteiger partial charge in [0.1, 0.15) is 11.5 Å². The van der Waals surface area contributed by atoms with Crippen molar-refractivity contribution in [2.24, 2.45) is 0 Å². The second-order valence-electron chi connectivity index (χ2n) is 8.15. The normalized spacial score (nSPS) is 12.3. The molecule has 10 heteroatoms. The zero-order valence-electron chi connectivity index (χ0n) is 20.6. The van der Waals surface area contributed by atoms with Crippen LogP contribution in [0.2, 0.25) is 0 Å². The van der Waals surface area contributed by atoms with Crippen molar-refractivity contribution in [2.45, 2.75) is 51.6 Å². The van der Waals surface area contributed by atoms with Gasteiger partial charge in [0.2, 0.25) is 0 Å². The number of phenols is 2. The van der Waals surface area contributed by atoms with Gasteiger partial charge in [-0.2, -0.15) is 0 Å². The van der Waals surface area contributed by atoms with Gasteiger partial charge in [0, 0.05) is 49.1 Å². The molecule has 0 saturated heterocycles. The van der Waals surface area contributed by atoms with Gasteiger partial charge in [0.25, 0.3) is 0 Å². The number of carbonyl (C=O) groups is 2. The van der Waals surface area contributed by atoms with Gasteiger partial charge in [-0.15, -0.1) is 23.2 Å². The van der Waals surface area contributed by atoms with Crippen LogP contribution in [0.25, 0.3) is 0 Å². The molecule has 8 nitrogen and oxygen atoms in total. The van der Waals surface area contributed by atoms with Gasteiger partial charge in [-0.05, 0) is 47.9 Å². The number of nitrogens with one attached hydrogen (secondary N) is 2. The first-order valence-corrected chi connectivity index (χ1v) is 12.9. The number of phenolic OH excluding ortho intramolecular Hbond substituents is 2. The highest BCUT2D eigenvalue weighted by Crippen LogP contribution is 2.40. The van der Waals surface area contributed by atoms with Crippen molar-refractivity contribution in [3.05, 3.63) is 58.7 Å². The van der Waals surface area contributed by atoms with Crippen molar-refractivity contribution < 1.29 is 30.0 Å². The van der Waals surface area contributed by atoms with Crippen LogP contribution in [0.5, 0.6) is 11.5 Å². The molecule has 0 aliphatic carbocycles. The van der Waals surface area contributed by atoms with E-state index in [0.717, 1.165) is 24.0 Å². The number of hydrogen-bond donors (Lipinski definition) is 6. The third kappa shape index (κ3) is 10.2. The molecule has 0 bridgehead atoms. The van der Waals surface area contributed by atoms with Crippen LogP contribution < -0.4 is 10.6 Å². The summed E-state index contributed by atoms with van der Waals surface area (Å²) >= 11 is 11.5. The SMILES string of the molecule is CCC(c1ccc(O)c(CNCCCl)c1)C(CC)c1ccc(O)c(CNCCCl)c1.O=C(O)C(=O)O. The monoisotopic (exact) mass is 542 g/mol. The van der Waals surface area contributed by atoms with Crippen molar-refractivity contribution in [1.82, 2.24) is 10.6 Å². The van der Waals surface area contributed by atoms with Gasteiger partial charge in [-0.3, -0.25) is 0 Å². The summed E-state index contributed by atoms with van der Waals surface area (Å²) in [5, 5.41) is 41.8. The Hall–Kier alpha value is -2.52. The minimum Gasteiger partial charge on any atom is -0.508 e. The van der Waals surface area contributed by atoms with E-state index in [1.807, 2.05) is 12.1 Å². The molecular weight excluding hydrogens is 507 g/mol. The van der Waals surface area contributed by atoms with Gasteiger partial charge in [-0.1, -0.05) is 38.1 Å². The van der Waals surface area contributed by atoms with Gasteiger partial charge in [0.05, 0.1) is 0 Å². The molecule has 2 aromatic rings. The number of halogens is 2. The number of hydrogen-bond acceptors (Lipinski definition) is 6. The number of carboxylic acid groups (broad SMARTS) is 2. The summed E-state index contributed by atoms with van der Waals surface area (Å²) in [6, 6.07) is 11.9. The minimum absolute atomic E-state index is 0.306. The van der Waals surface area contributed by atoms with E-state index >= 15 is 0 Å². The smallest absolute Gasteiger partial charge is 0.414 e. The van der Waals surface area contributed by atoms with Crippen LogP contribution in [0.1, 0.15) is 60.8 Å². The lowest BCUT2D eigenvalue weighted by molar-refractivity contribution is -0.159. The number of aliphatic carboxylic acids is 2. The Bertz CT molecular complexity index is 896. The minimum atomic E-state index is -1.82. The van der Waals surface area contributed by atoms with Crippen molar-refractivity contribution in [2.75, 3.05) is 24.8 Å². The number of benzene rings is 2. The first-order valence-electron chi connectivity index (χ1n) is 11.8. The molecule has 0 heterocycles. The average Bonchev–Trinajstić information content (AvgIpc) is 2.85. The molecule has 2 aromatic carbocycles. The summed E-state index contributed by atoms with van der Waals surface area (Å²) < 4.78 is 0. The molecule has 2 atom stereocenters. The zero-order valence-corrected chi connectivity index (χ0v) is 22.1. The Balaban J connectivity index is 0.000000960. The summed E-state index contributed by atoms with van der Waals surface area (Å²) in [5.74, 6) is -1.32. The lowest BCUT2D eigenvalue weighted by Gasteiger charge is -2.27. The van der Waals surface area contributed by atoms with Crippen LogP contribution in [0, 0.1) is 0 Å². The topological polar surface area (TPSA) is 139 Å². The summed E-state index contributed by atoms with van der Waals surface area (Å²) in [6.45, 7) is 7.00.